The molecule has 186 valence electrons. The molecule has 4 heteroatoms. The molecule has 3 rings (SSSR count). The lowest BCUT2D eigenvalue weighted by molar-refractivity contribution is -0.114. The van der Waals surface area contributed by atoms with E-state index in [1.807, 2.05) is 37.3 Å². The third-order valence-electron chi connectivity index (χ3n) is 4.87. The largest absolute Gasteiger partial charge is 0.326 e. The molecule has 0 aliphatic heterocycles. The number of aldehydes is 1. The zero-order valence-electron chi connectivity index (χ0n) is 21.4. The SMILES string of the molecule is C.CC#C/C(C)=C\Cc1cc(C)n(-c2ccc(C)cc2)c1C.CC(=O)Nc1ccccc1.CC=O. The first-order chi connectivity index (χ1) is 16.2. The number of benzene rings is 2. The van der Waals surface area contributed by atoms with Crippen molar-refractivity contribution in [2.75, 3.05) is 5.32 Å². The first-order valence-corrected chi connectivity index (χ1v) is 11.3. The van der Waals surface area contributed by atoms with Gasteiger partial charge in [0, 0.05) is 29.7 Å². The lowest BCUT2D eigenvalue weighted by Crippen LogP contribution is -2.04. The summed E-state index contributed by atoms with van der Waals surface area (Å²) in [4.78, 5) is 19.3. The van der Waals surface area contributed by atoms with Gasteiger partial charge in [0.05, 0.1) is 0 Å². The summed E-state index contributed by atoms with van der Waals surface area (Å²) in [6, 6.07) is 20.3. The fraction of sp³-hybridized carbons (Fsp3) is 0.290. The van der Waals surface area contributed by atoms with Crippen LogP contribution in [0, 0.1) is 32.6 Å². The predicted molar refractivity (Wildman–Crippen MR) is 150 cm³/mol. The van der Waals surface area contributed by atoms with Crippen LogP contribution in [0.3, 0.4) is 0 Å². The Labute approximate surface area is 212 Å². The second-order valence-corrected chi connectivity index (χ2v) is 7.82. The monoisotopic (exact) mass is 472 g/mol. The van der Waals surface area contributed by atoms with Crippen LogP contribution >= 0.6 is 0 Å². The molecule has 0 unspecified atom stereocenters. The highest BCUT2D eigenvalue weighted by Gasteiger charge is 2.09. The minimum Gasteiger partial charge on any atom is -0.326 e. The van der Waals surface area contributed by atoms with Gasteiger partial charge in [0.25, 0.3) is 0 Å². The third kappa shape index (κ3) is 11.2. The van der Waals surface area contributed by atoms with E-state index < -0.39 is 0 Å². The fourth-order valence-corrected chi connectivity index (χ4v) is 3.36. The molecule has 0 spiro atoms. The normalized spacial score (nSPS) is 9.63. The van der Waals surface area contributed by atoms with Gasteiger partial charge in [-0.25, -0.2) is 0 Å². The van der Waals surface area contributed by atoms with Crippen LogP contribution in [-0.2, 0) is 16.0 Å². The predicted octanol–water partition coefficient (Wildman–Crippen LogP) is 7.40. The summed E-state index contributed by atoms with van der Waals surface area (Å²) in [5.41, 5.74) is 8.45. The van der Waals surface area contributed by atoms with Gasteiger partial charge in [-0.15, -0.1) is 5.92 Å². The highest BCUT2D eigenvalue weighted by Crippen LogP contribution is 2.22. The number of hydrogen-bond donors (Lipinski definition) is 1. The van der Waals surface area contributed by atoms with Crippen LogP contribution in [0.4, 0.5) is 5.69 Å². The number of aromatic nitrogens is 1. The third-order valence-corrected chi connectivity index (χ3v) is 4.87. The summed E-state index contributed by atoms with van der Waals surface area (Å²) in [6.45, 7) is 13.4. The quantitative estimate of drug-likeness (QED) is 0.318. The number of rotatable bonds is 4. The Morgan fingerprint density at radius 2 is 1.57 bits per heavy atom. The Morgan fingerprint density at radius 1 is 1.00 bits per heavy atom. The van der Waals surface area contributed by atoms with Crippen LogP contribution in [-0.4, -0.2) is 16.8 Å². The van der Waals surface area contributed by atoms with Gasteiger partial charge in [0.2, 0.25) is 5.91 Å². The number of hydrogen-bond acceptors (Lipinski definition) is 2. The van der Waals surface area contributed by atoms with Gasteiger partial charge in [-0.1, -0.05) is 55.3 Å². The zero-order valence-corrected chi connectivity index (χ0v) is 21.4. The number of aryl methyl sites for hydroxylation is 2. The van der Waals surface area contributed by atoms with E-state index in [0.717, 1.165) is 24.0 Å². The number of carbonyl (C=O) groups excluding carboxylic acids is 2. The van der Waals surface area contributed by atoms with Crippen molar-refractivity contribution in [3.05, 3.63) is 94.8 Å². The van der Waals surface area contributed by atoms with Gasteiger partial charge in [-0.2, -0.15) is 0 Å². The average molecular weight is 473 g/mol. The van der Waals surface area contributed by atoms with Crippen molar-refractivity contribution in [3.63, 3.8) is 0 Å². The van der Waals surface area contributed by atoms with E-state index in [0.29, 0.717) is 0 Å². The van der Waals surface area contributed by atoms with Gasteiger partial charge in [0.1, 0.15) is 6.29 Å². The van der Waals surface area contributed by atoms with E-state index in [1.54, 1.807) is 0 Å². The van der Waals surface area contributed by atoms with Crippen LogP contribution in [0.1, 0.15) is 57.6 Å². The summed E-state index contributed by atoms with van der Waals surface area (Å²) >= 11 is 0. The van der Waals surface area contributed by atoms with Crippen LogP contribution in [0.15, 0.2) is 72.3 Å². The fourth-order valence-electron chi connectivity index (χ4n) is 3.36. The molecule has 1 N–H and O–H groups in total. The first-order valence-electron chi connectivity index (χ1n) is 11.3. The molecule has 0 atom stereocenters. The molecular weight excluding hydrogens is 432 g/mol. The molecule has 0 saturated carbocycles. The number of anilines is 1. The van der Waals surface area contributed by atoms with Gasteiger partial charge < -0.3 is 14.7 Å². The van der Waals surface area contributed by atoms with Gasteiger partial charge >= 0.3 is 0 Å². The summed E-state index contributed by atoms with van der Waals surface area (Å²) in [7, 11) is 0. The van der Waals surface area contributed by atoms with E-state index in [1.165, 1.54) is 42.0 Å². The lowest BCUT2D eigenvalue weighted by atomic mass is 10.1. The Hall–Kier alpha value is -3.84. The molecule has 0 aliphatic rings. The van der Waals surface area contributed by atoms with Crippen LogP contribution < -0.4 is 5.32 Å². The number of carbonyl (C=O) groups is 2. The zero-order chi connectivity index (χ0) is 25.5. The lowest BCUT2D eigenvalue weighted by Gasteiger charge is -2.10. The van der Waals surface area contributed by atoms with Gasteiger partial charge in [-0.05, 0) is 89.4 Å². The smallest absolute Gasteiger partial charge is 0.221 e. The highest BCUT2D eigenvalue weighted by molar-refractivity contribution is 5.88. The second kappa shape index (κ2) is 16.7. The molecule has 1 heterocycles. The van der Waals surface area contributed by atoms with Crippen molar-refractivity contribution in [3.8, 4) is 17.5 Å². The van der Waals surface area contributed by atoms with Crippen molar-refractivity contribution in [2.24, 2.45) is 0 Å². The van der Waals surface area contributed by atoms with Crippen LogP contribution in [0.25, 0.3) is 5.69 Å². The van der Waals surface area contributed by atoms with Crippen molar-refractivity contribution in [1.82, 2.24) is 4.57 Å². The minimum absolute atomic E-state index is 0. The van der Waals surface area contributed by atoms with E-state index in [2.05, 4.69) is 85.8 Å². The van der Waals surface area contributed by atoms with Gasteiger partial charge in [-0.3, -0.25) is 4.79 Å². The maximum Gasteiger partial charge on any atom is 0.221 e. The maximum absolute atomic E-state index is 10.5. The number of allylic oxidation sites excluding steroid dienone is 2. The standard InChI is InChI=1S/C20H23N.C8H9NO.C2H4O.CH4/c1-6-7-15(2)8-11-19-14-17(4)21(18(19)5)20-12-9-16(3)10-13-20;1-7(10)9-8-5-3-2-4-6-8;1-2-3;/h8-10,12-14H,11H2,1-5H3;2-6H,1H3,(H,9,10);2H,1H3;1H4/b15-8-;;;. The summed E-state index contributed by atoms with van der Waals surface area (Å²) < 4.78 is 2.32. The molecular formula is C31H40N2O2. The molecule has 4 nitrogen and oxygen atoms in total. The number of nitrogens with one attached hydrogen (secondary N) is 1. The second-order valence-electron chi connectivity index (χ2n) is 7.82. The Bertz CT molecular complexity index is 1140. The number of para-hydroxylation sites is 1. The molecule has 2 aromatic carbocycles. The highest BCUT2D eigenvalue weighted by atomic mass is 16.1. The van der Waals surface area contributed by atoms with Crippen LogP contribution in [0.2, 0.25) is 0 Å². The van der Waals surface area contributed by atoms with E-state index in [-0.39, 0.29) is 13.3 Å². The number of nitrogens with zero attached hydrogens (tertiary/aromatic N) is 1. The van der Waals surface area contributed by atoms with Crippen molar-refractivity contribution >= 4 is 17.9 Å². The Morgan fingerprint density at radius 3 is 2.09 bits per heavy atom. The molecule has 1 amide bonds. The molecule has 35 heavy (non-hydrogen) atoms. The van der Waals surface area contributed by atoms with E-state index in [9.17, 15) is 4.79 Å². The Kier molecular flexibility index (Phi) is 14.9. The molecule has 0 fully saturated rings. The molecule has 0 bridgehead atoms. The summed E-state index contributed by atoms with van der Waals surface area (Å²) in [6.07, 6.45) is 3.89. The molecule has 0 saturated heterocycles. The molecule has 1 aromatic heterocycles. The molecule has 0 aliphatic carbocycles. The van der Waals surface area contributed by atoms with Crippen LogP contribution in [0.5, 0.6) is 0 Å². The minimum atomic E-state index is -0.0359. The number of amides is 1. The van der Waals surface area contributed by atoms with Crippen molar-refractivity contribution < 1.29 is 9.59 Å². The molecule has 0 radical (unpaired) electrons. The van der Waals surface area contributed by atoms with E-state index in [4.69, 9.17) is 4.79 Å². The molecule has 3 aromatic rings. The van der Waals surface area contributed by atoms with Gasteiger partial charge in [0.15, 0.2) is 0 Å². The summed E-state index contributed by atoms with van der Waals surface area (Å²) in [5, 5.41) is 2.67. The Balaban J connectivity index is 0.000000692. The topological polar surface area (TPSA) is 51.1 Å². The van der Waals surface area contributed by atoms with Crippen molar-refractivity contribution in [2.45, 2.75) is 62.3 Å². The first kappa shape index (κ1) is 31.2. The summed E-state index contributed by atoms with van der Waals surface area (Å²) in [5.74, 6) is 6.01. The van der Waals surface area contributed by atoms with Crippen molar-refractivity contribution in [1.29, 1.82) is 0 Å². The maximum atomic E-state index is 10.5. The average Bonchev–Trinajstić information content (AvgIpc) is 3.07. The van der Waals surface area contributed by atoms with E-state index >= 15 is 0 Å².